The van der Waals surface area contributed by atoms with Gasteiger partial charge in [-0.05, 0) is 11.8 Å². The lowest BCUT2D eigenvalue weighted by molar-refractivity contribution is -0.0381. The van der Waals surface area contributed by atoms with E-state index in [0.29, 0.717) is 11.8 Å². The fourth-order valence-corrected chi connectivity index (χ4v) is 5.17. The zero-order chi connectivity index (χ0) is 16.0. The molecule has 0 aliphatic carbocycles. The second kappa shape index (κ2) is 8.93. The highest BCUT2D eigenvalue weighted by molar-refractivity contribution is 9.09. The smallest absolute Gasteiger partial charge is 0.302 e. The molecule has 0 aliphatic heterocycles. The van der Waals surface area contributed by atoms with Crippen molar-refractivity contribution in [2.24, 2.45) is 5.41 Å². The molecule has 0 aromatic heterocycles. The molecule has 0 aromatic rings. The summed E-state index contributed by atoms with van der Waals surface area (Å²) in [6, 6.07) is 0. The molecule has 0 bridgehead atoms. The van der Waals surface area contributed by atoms with Gasteiger partial charge in [-0.15, -0.1) is 34.8 Å². The topological polar surface area (TPSA) is 55.8 Å². The maximum atomic E-state index is 12.2. The molecule has 0 fully saturated rings. The van der Waals surface area contributed by atoms with E-state index in [9.17, 15) is 9.46 Å². The van der Waals surface area contributed by atoms with Crippen LogP contribution in [0.15, 0.2) is 0 Å². The molecule has 1 N–H and O–H groups in total. The van der Waals surface area contributed by atoms with Crippen molar-refractivity contribution in [3.8, 4) is 0 Å². The highest BCUT2D eigenvalue weighted by Gasteiger charge is 2.49. The lowest BCUT2D eigenvalue weighted by atomic mass is 9.75. The van der Waals surface area contributed by atoms with Crippen LogP contribution >= 0.6 is 58.6 Å². The summed E-state index contributed by atoms with van der Waals surface area (Å²) in [5.74, 6) is 0.0152. The summed E-state index contributed by atoms with van der Waals surface area (Å²) in [4.78, 5) is 9.92. The summed E-state index contributed by atoms with van der Waals surface area (Å²) in [5, 5.41) is 0.316. The average Bonchev–Trinajstić information content (AvgIpc) is 2.41. The Balaban J connectivity index is 5.22. The van der Waals surface area contributed by atoms with E-state index in [0.717, 1.165) is 0 Å². The Kier molecular flexibility index (Phi) is 9.58. The Morgan fingerprint density at radius 3 is 2.10 bits per heavy atom. The molecule has 2 atom stereocenters. The van der Waals surface area contributed by atoms with Crippen LogP contribution in [0.4, 0.5) is 0 Å². The minimum Gasteiger partial charge on any atom is -0.302 e. The Morgan fingerprint density at radius 1 is 1.30 bits per heavy atom. The summed E-state index contributed by atoms with van der Waals surface area (Å²) in [7, 11) is -4.33. The Hall–Kier alpha value is 1.46. The molecule has 0 rings (SSSR count). The first-order chi connectivity index (χ1) is 9.13. The van der Waals surface area contributed by atoms with E-state index >= 15 is 0 Å². The second-order valence-electron chi connectivity index (χ2n) is 5.09. The summed E-state index contributed by atoms with van der Waals surface area (Å²) >= 11 is 20.7. The van der Waals surface area contributed by atoms with E-state index in [1.54, 1.807) is 0 Å². The molecule has 122 valence electrons. The van der Waals surface area contributed by atoms with Gasteiger partial charge in [0.15, 0.2) is 0 Å². The number of rotatable bonds is 10. The minimum atomic E-state index is -4.33. The van der Waals surface area contributed by atoms with Gasteiger partial charge in [-0.2, -0.15) is 0 Å². The van der Waals surface area contributed by atoms with Crippen LogP contribution in [-0.4, -0.2) is 39.6 Å². The number of phosphoric ester groups is 1. The summed E-state index contributed by atoms with van der Waals surface area (Å²) < 4.78 is 22.5. The Labute approximate surface area is 144 Å². The molecule has 2 unspecified atom stereocenters. The SMILES string of the molecule is CCC(C)(C)C(CCl)(CCl)OP(=O)(O)OC(CCl)CBr. The van der Waals surface area contributed by atoms with Crippen LogP contribution in [0.2, 0.25) is 0 Å². The largest absolute Gasteiger partial charge is 0.473 e. The zero-order valence-corrected chi connectivity index (χ0v) is 16.5. The lowest BCUT2D eigenvalue weighted by Crippen LogP contribution is -2.50. The van der Waals surface area contributed by atoms with Crippen LogP contribution in [0.5, 0.6) is 0 Å². The van der Waals surface area contributed by atoms with Crippen LogP contribution in [0.1, 0.15) is 27.2 Å². The van der Waals surface area contributed by atoms with E-state index in [2.05, 4.69) is 15.9 Å². The molecular formula is C11H21BrCl3O4P. The van der Waals surface area contributed by atoms with E-state index in [-0.39, 0.29) is 17.6 Å². The minimum absolute atomic E-state index is 0.0227. The molecule has 0 heterocycles. The van der Waals surface area contributed by atoms with Crippen molar-refractivity contribution in [3.05, 3.63) is 0 Å². The highest BCUT2D eigenvalue weighted by Crippen LogP contribution is 2.54. The predicted molar refractivity (Wildman–Crippen MR) is 88.5 cm³/mol. The molecule has 0 radical (unpaired) electrons. The van der Waals surface area contributed by atoms with Gasteiger partial charge in [-0.25, -0.2) is 4.57 Å². The van der Waals surface area contributed by atoms with Crippen LogP contribution in [-0.2, 0) is 13.6 Å². The normalized spacial score (nSPS) is 17.8. The van der Waals surface area contributed by atoms with Crippen molar-refractivity contribution in [3.63, 3.8) is 0 Å². The number of halogens is 4. The number of hydrogen-bond donors (Lipinski definition) is 1. The van der Waals surface area contributed by atoms with Crippen LogP contribution < -0.4 is 0 Å². The number of hydrogen-bond acceptors (Lipinski definition) is 3. The number of phosphoric acid groups is 1. The zero-order valence-electron chi connectivity index (χ0n) is 11.7. The molecule has 0 saturated carbocycles. The van der Waals surface area contributed by atoms with Crippen LogP contribution in [0.3, 0.4) is 0 Å². The maximum absolute atomic E-state index is 12.2. The molecule has 0 amide bonds. The quantitative estimate of drug-likeness (QED) is 0.397. The second-order valence-corrected chi connectivity index (χ2v) is 7.92. The van der Waals surface area contributed by atoms with Crippen molar-refractivity contribution >= 4 is 58.6 Å². The third-order valence-electron chi connectivity index (χ3n) is 3.47. The third kappa shape index (κ3) is 5.58. The molecule has 20 heavy (non-hydrogen) atoms. The summed E-state index contributed by atoms with van der Waals surface area (Å²) in [6.07, 6.45) is 0.0321. The fourth-order valence-electron chi connectivity index (χ4n) is 1.42. The van der Waals surface area contributed by atoms with E-state index in [4.69, 9.17) is 43.9 Å². The maximum Gasteiger partial charge on any atom is 0.473 e. The van der Waals surface area contributed by atoms with Crippen LogP contribution in [0.25, 0.3) is 0 Å². The molecule has 4 nitrogen and oxygen atoms in total. The number of alkyl halides is 4. The summed E-state index contributed by atoms with van der Waals surface area (Å²) in [6.45, 7) is 5.68. The van der Waals surface area contributed by atoms with E-state index in [1.807, 2.05) is 20.8 Å². The van der Waals surface area contributed by atoms with Gasteiger partial charge in [0.2, 0.25) is 0 Å². The van der Waals surface area contributed by atoms with Gasteiger partial charge < -0.3 is 4.89 Å². The fraction of sp³-hybridized carbons (Fsp3) is 1.00. The molecule has 9 heteroatoms. The van der Waals surface area contributed by atoms with Crippen molar-refractivity contribution in [2.75, 3.05) is 23.0 Å². The van der Waals surface area contributed by atoms with Gasteiger partial charge in [0.1, 0.15) is 5.60 Å². The first-order valence-electron chi connectivity index (χ1n) is 6.09. The molecule has 0 spiro atoms. The van der Waals surface area contributed by atoms with Crippen molar-refractivity contribution < 1.29 is 18.5 Å². The first-order valence-corrected chi connectivity index (χ1v) is 10.3. The Bertz CT molecular complexity index is 336. The van der Waals surface area contributed by atoms with Crippen molar-refractivity contribution in [2.45, 2.75) is 38.9 Å². The lowest BCUT2D eigenvalue weighted by Gasteiger charge is -2.44. The van der Waals surface area contributed by atoms with E-state index in [1.165, 1.54) is 0 Å². The average molecular weight is 435 g/mol. The van der Waals surface area contributed by atoms with Crippen molar-refractivity contribution in [1.29, 1.82) is 0 Å². The monoisotopic (exact) mass is 432 g/mol. The van der Waals surface area contributed by atoms with E-state index < -0.39 is 24.9 Å². The Morgan fingerprint density at radius 2 is 1.80 bits per heavy atom. The third-order valence-corrected chi connectivity index (χ3v) is 6.54. The molecular weight excluding hydrogens is 413 g/mol. The van der Waals surface area contributed by atoms with Gasteiger partial charge in [-0.3, -0.25) is 9.05 Å². The standard InChI is InChI=1S/C11H21BrCl3O4P/c1-4-10(2,3)11(7-14,8-15)19-20(16,17)18-9(5-12)6-13/h9H,4-8H2,1-3H3,(H,16,17). The highest BCUT2D eigenvalue weighted by atomic mass is 79.9. The van der Waals surface area contributed by atoms with Crippen molar-refractivity contribution in [1.82, 2.24) is 0 Å². The van der Waals surface area contributed by atoms with Gasteiger partial charge >= 0.3 is 7.82 Å². The van der Waals surface area contributed by atoms with Gasteiger partial charge in [0.25, 0.3) is 0 Å². The molecule has 0 aromatic carbocycles. The van der Waals surface area contributed by atoms with Gasteiger partial charge in [-0.1, -0.05) is 36.7 Å². The van der Waals surface area contributed by atoms with Crippen LogP contribution in [0, 0.1) is 5.41 Å². The first kappa shape index (κ1) is 21.5. The molecule has 0 saturated heterocycles. The van der Waals surface area contributed by atoms with Gasteiger partial charge in [0.05, 0.1) is 23.7 Å². The molecule has 0 aliphatic rings. The summed E-state index contributed by atoms with van der Waals surface area (Å²) in [5.41, 5.74) is -1.67. The predicted octanol–water partition coefficient (Wildman–Crippen LogP) is 4.77. The van der Waals surface area contributed by atoms with Gasteiger partial charge in [0, 0.05) is 5.33 Å².